The summed E-state index contributed by atoms with van der Waals surface area (Å²) in [5.41, 5.74) is 2.74. The van der Waals surface area contributed by atoms with Gasteiger partial charge < -0.3 is 14.4 Å². The number of likely N-dealkylation sites (tertiary alicyclic amines) is 1. The molecule has 2 unspecified atom stereocenters. The maximum absolute atomic E-state index is 12.2. The number of hydrogen-bond donors (Lipinski definition) is 0. The standard InChI is InChI=1S/C22H31N3O4/c1-22(2,3)29-21(27)25-10-8-15(9-11-25)16-6-7-18(23-13-16)19-12-17(14-24(19)4)20(26)28-5/h6-8,13,17,19H,9-12,14H2,1-5H3. The maximum Gasteiger partial charge on any atom is 0.410 e. The lowest BCUT2D eigenvalue weighted by Gasteiger charge is -2.29. The minimum atomic E-state index is -0.485. The normalized spacial score (nSPS) is 22.9. The molecule has 158 valence electrons. The largest absolute Gasteiger partial charge is 0.469 e. The molecule has 2 aliphatic heterocycles. The number of pyridine rings is 1. The van der Waals surface area contributed by atoms with E-state index in [-0.39, 0.29) is 24.0 Å². The van der Waals surface area contributed by atoms with Gasteiger partial charge in [-0.05, 0) is 57.9 Å². The first kappa shape index (κ1) is 21.3. The summed E-state index contributed by atoms with van der Waals surface area (Å²) in [5.74, 6) is -0.255. The molecule has 0 aromatic carbocycles. The first-order chi connectivity index (χ1) is 13.7. The van der Waals surface area contributed by atoms with Crippen molar-refractivity contribution in [2.24, 2.45) is 5.92 Å². The van der Waals surface area contributed by atoms with Gasteiger partial charge in [-0.15, -0.1) is 0 Å². The van der Waals surface area contributed by atoms with Crippen molar-refractivity contribution in [1.29, 1.82) is 0 Å². The topological polar surface area (TPSA) is 72.0 Å². The highest BCUT2D eigenvalue weighted by Crippen LogP contribution is 2.34. The van der Waals surface area contributed by atoms with Crippen LogP contribution in [0.4, 0.5) is 4.79 Å². The summed E-state index contributed by atoms with van der Waals surface area (Å²) in [6, 6.07) is 4.24. The third kappa shape index (κ3) is 5.15. The van der Waals surface area contributed by atoms with Crippen LogP contribution in [-0.4, -0.2) is 66.2 Å². The molecule has 1 aromatic rings. The number of hydrogen-bond acceptors (Lipinski definition) is 6. The molecule has 0 aliphatic carbocycles. The van der Waals surface area contributed by atoms with Crippen LogP contribution in [0.1, 0.15) is 50.9 Å². The molecule has 1 saturated heterocycles. The summed E-state index contributed by atoms with van der Waals surface area (Å²) in [4.78, 5) is 32.6. The van der Waals surface area contributed by atoms with E-state index in [9.17, 15) is 9.59 Å². The first-order valence-electron chi connectivity index (χ1n) is 10.1. The van der Waals surface area contributed by atoms with E-state index < -0.39 is 5.60 Å². The number of esters is 1. The van der Waals surface area contributed by atoms with Gasteiger partial charge >= 0.3 is 12.1 Å². The van der Waals surface area contributed by atoms with Crippen molar-refractivity contribution < 1.29 is 19.1 Å². The van der Waals surface area contributed by atoms with E-state index in [1.165, 1.54) is 12.7 Å². The van der Waals surface area contributed by atoms with Crippen LogP contribution >= 0.6 is 0 Å². The van der Waals surface area contributed by atoms with Crippen LogP contribution in [0.5, 0.6) is 0 Å². The number of amides is 1. The fraction of sp³-hybridized carbons (Fsp3) is 0.591. The van der Waals surface area contributed by atoms with Crippen LogP contribution in [0.2, 0.25) is 0 Å². The molecule has 3 heterocycles. The number of methoxy groups -OCH3 is 1. The van der Waals surface area contributed by atoms with Gasteiger partial charge in [0.05, 0.1) is 24.8 Å². The maximum atomic E-state index is 12.2. The zero-order valence-corrected chi connectivity index (χ0v) is 18.0. The molecule has 0 radical (unpaired) electrons. The number of carbonyl (C=O) groups is 2. The average Bonchev–Trinajstić information content (AvgIpc) is 3.08. The molecule has 1 aromatic heterocycles. The average molecular weight is 402 g/mol. The second-order valence-electron chi connectivity index (χ2n) is 8.79. The van der Waals surface area contributed by atoms with Crippen molar-refractivity contribution in [2.45, 2.75) is 45.3 Å². The van der Waals surface area contributed by atoms with Crippen LogP contribution in [0.3, 0.4) is 0 Å². The van der Waals surface area contributed by atoms with E-state index in [1.807, 2.05) is 40.1 Å². The molecule has 1 amide bonds. The van der Waals surface area contributed by atoms with E-state index in [1.54, 1.807) is 4.90 Å². The molecule has 2 aliphatic rings. The van der Waals surface area contributed by atoms with Crippen LogP contribution < -0.4 is 0 Å². The number of nitrogens with zero attached hydrogens (tertiary/aromatic N) is 3. The monoisotopic (exact) mass is 401 g/mol. The Bertz CT molecular complexity index is 782. The van der Waals surface area contributed by atoms with E-state index >= 15 is 0 Å². The molecule has 7 heteroatoms. The quantitative estimate of drug-likeness (QED) is 0.724. The molecule has 0 saturated carbocycles. The molecular weight excluding hydrogens is 370 g/mol. The van der Waals surface area contributed by atoms with E-state index in [4.69, 9.17) is 9.47 Å². The van der Waals surface area contributed by atoms with Gasteiger partial charge in [0.15, 0.2) is 0 Å². The molecule has 2 atom stereocenters. The minimum absolute atomic E-state index is 0.101. The van der Waals surface area contributed by atoms with Gasteiger partial charge in [-0.1, -0.05) is 12.1 Å². The van der Waals surface area contributed by atoms with Crippen LogP contribution in [0.25, 0.3) is 5.57 Å². The smallest absolute Gasteiger partial charge is 0.410 e. The van der Waals surface area contributed by atoms with E-state index in [2.05, 4.69) is 22.0 Å². The fourth-order valence-corrected chi connectivity index (χ4v) is 3.90. The highest BCUT2D eigenvalue weighted by atomic mass is 16.6. The third-order valence-electron chi connectivity index (χ3n) is 5.44. The summed E-state index contributed by atoms with van der Waals surface area (Å²) in [6.07, 6.45) is 5.19. The zero-order chi connectivity index (χ0) is 21.2. The van der Waals surface area contributed by atoms with Gasteiger partial charge in [0.2, 0.25) is 0 Å². The highest BCUT2D eigenvalue weighted by molar-refractivity contribution is 5.73. The zero-order valence-electron chi connectivity index (χ0n) is 18.0. The fourth-order valence-electron chi connectivity index (χ4n) is 3.90. The lowest BCUT2D eigenvalue weighted by atomic mass is 9.99. The van der Waals surface area contributed by atoms with Gasteiger partial charge in [0, 0.05) is 25.8 Å². The lowest BCUT2D eigenvalue weighted by Crippen LogP contribution is -2.39. The van der Waals surface area contributed by atoms with Gasteiger partial charge in [0.25, 0.3) is 0 Å². The second kappa shape index (κ2) is 8.53. The lowest BCUT2D eigenvalue weighted by molar-refractivity contribution is -0.144. The van der Waals surface area contributed by atoms with Gasteiger partial charge in [-0.25, -0.2) is 4.79 Å². The Kier molecular flexibility index (Phi) is 6.27. The Balaban J connectivity index is 1.62. The van der Waals surface area contributed by atoms with Crippen molar-refractivity contribution in [3.05, 3.63) is 35.7 Å². The number of ether oxygens (including phenoxy) is 2. The number of carbonyl (C=O) groups excluding carboxylic acids is 2. The van der Waals surface area contributed by atoms with Gasteiger partial charge in [-0.3, -0.25) is 14.7 Å². The third-order valence-corrected chi connectivity index (χ3v) is 5.44. The minimum Gasteiger partial charge on any atom is -0.469 e. The summed E-state index contributed by atoms with van der Waals surface area (Å²) in [7, 11) is 3.45. The Hall–Kier alpha value is -2.41. The molecule has 1 fully saturated rings. The molecule has 0 spiro atoms. The van der Waals surface area contributed by atoms with Crippen LogP contribution in [0, 0.1) is 5.92 Å². The summed E-state index contributed by atoms with van der Waals surface area (Å²) >= 11 is 0. The Labute approximate surface area is 172 Å². The molecule has 7 nitrogen and oxygen atoms in total. The van der Waals surface area contributed by atoms with Crippen LogP contribution in [0.15, 0.2) is 24.4 Å². The van der Waals surface area contributed by atoms with Crippen molar-refractivity contribution in [3.8, 4) is 0 Å². The number of aromatic nitrogens is 1. The van der Waals surface area contributed by atoms with Gasteiger partial charge in [-0.2, -0.15) is 0 Å². The predicted molar refractivity (Wildman–Crippen MR) is 110 cm³/mol. The number of rotatable bonds is 3. The Morgan fingerprint density at radius 3 is 2.55 bits per heavy atom. The van der Waals surface area contributed by atoms with Crippen LogP contribution in [-0.2, 0) is 14.3 Å². The van der Waals surface area contributed by atoms with E-state index in [0.717, 1.165) is 24.1 Å². The van der Waals surface area contributed by atoms with E-state index in [0.29, 0.717) is 19.6 Å². The highest BCUT2D eigenvalue weighted by Gasteiger charge is 2.36. The Morgan fingerprint density at radius 2 is 2.00 bits per heavy atom. The molecule has 29 heavy (non-hydrogen) atoms. The predicted octanol–water partition coefficient (Wildman–Crippen LogP) is 3.27. The van der Waals surface area contributed by atoms with Crippen molar-refractivity contribution in [1.82, 2.24) is 14.8 Å². The summed E-state index contributed by atoms with van der Waals surface area (Å²) < 4.78 is 10.3. The molecule has 0 bridgehead atoms. The Morgan fingerprint density at radius 1 is 1.24 bits per heavy atom. The molecule has 3 rings (SSSR count). The first-order valence-corrected chi connectivity index (χ1v) is 10.1. The van der Waals surface area contributed by atoms with Crippen molar-refractivity contribution in [2.75, 3.05) is 33.8 Å². The summed E-state index contributed by atoms with van der Waals surface area (Å²) in [6.45, 7) is 7.48. The van der Waals surface area contributed by atoms with Crippen molar-refractivity contribution >= 4 is 17.6 Å². The van der Waals surface area contributed by atoms with Crippen molar-refractivity contribution in [3.63, 3.8) is 0 Å². The molecular formula is C22H31N3O4. The summed E-state index contributed by atoms with van der Waals surface area (Å²) in [5, 5.41) is 0. The SMILES string of the molecule is COC(=O)C1CC(c2ccc(C3=CCN(C(=O)OC(C)(C)C)CC3)cn2)N(C)C1. The van der Waals surface area contributed by atoms with Gasteiger partial charge in [0.1, 0.15) is 5.60 Å². The molecule has 0 N–H and O–H groups in total. The second-order valence-corrected chi connectivity index (χ2v) is 8.79.